The molecule has 0 heterocycles. The van der Waals surface area contributed by atoms with Gasteiger partial charge in [0.25, 0.3) is 0 Å². The van der Waals surface area contributed by atoms with Crippen LogP contribution in [0.5, 0.6) is 0 Å². The van der Waals surface area contributed by atoms with E-state index in [-0.39, 0.29) is 6.04 Å². The average molecular weight is 265 g/mol. The summed E-state index contributed by atoms with van der Waals surface area (Å²) in [6.07, 6.45) is 0. The zero-order valence-corrected chi connectivity index (χ0v) is 12.0. The van der Waals surface area contributed by atoms with Gasteiger partial charge in [0.15, 0.2) is 0 Å². The van der Waals surface area contributed by atoms with Gasteiger partial charge < -0.3 is 15.0 Å². The van der Waals surface area contributed by atoms with E-state index in [1.807, 2.05) is 50.2 Å². The third-order valence-electron chi connectivity index (χ3n) is 2.53. The molecular weight excluding hydrogens is 242 g/mol. The number of nitrogens with one attached hydrogen (secondary N) is 2. The van der Waals surface area contributed by atoms with Crippen molar-refractivity contribution in [3.63, 3.8) is 0 Å². The fourth-order valence-corrected chi connectivity index (χ4v) is 1.70. The summed E-state index contributed by atoms with van der Waals surface area (Å²) >= 11 is 0. The average Bonchev–Trinajstić information content (AvgIpc) is 2.38. The number of anilines is 2. The van der Waals surface area contributed by atoms with E-state index in [2.05, 4.69) is 15.7 Å². The number of hydrogen-bond acceptors (Lipinski definition) is 4. The highest BCUT2D eigenvalue weighted by Gasteiger charge is 2.07. The van der Waals surface area contributed by atoms with Gasteiger partial charge in [0.2, 0.25) is 5.96 Å². The smallest absolute Gasteiger partial charge is 0.210 e. The molecule has 1 aromatic carbocycles. The van der Waals surface area contributed by atoms with E-state index in [0.717, 1.165) is 11.4 Å². The number of rotatable bonds is 5. The minimum Gasteiger partial charge on any atom is -0.382 e. The lowest BCUT2D eigenvalue weighted by atomic mass is 10.2. The highest BCUT2D eigenvalue weighted by atomic mass is 16.5. The lowest BCUT2D eigenvalue weighted by Crippen LogP contribution is -2.37. The monoisotopic (exact) mass is 265 g/mol. The standard InChI is InChI=1S/C13H23N5O/c1-10(9-19-4)15-13(17-14)16-11-7-5-6-8-12(11)18(2)3/h5-8,10H,9,14H2,1-4H3,(H2,15,16,17). The van der Waals surface area contributed by atoms with Gasteiger partial charge in [0.1, 0.15) is 0 Å². The van der Waals surface area contributed by atoms with Crippen LogP contribution in [0.1, 0.15) is 6.92 Å². The van der Waals surface area contributed by atoms with Gasteiger partial charge in [-0.3, -0.25) is 5.43 Å². The molecule has 0 fully saturated rings. The number of nitrogens with zero attached hydrogens (tertiary/aromatic N) is 2. The molecule has 0 spiro atoms. The Morgan fingerprint density at radius 3 is 2.68 bits per heavy atom. The fraction of sp³-hybridized carbons (Fsp3) is 0.462. The van der Waals surface area contributed by atoms with Gasteiger partial charge in [-0.15, -0.1) is 0 Å². The Kier molecular flexibility index (Phi) is 6.11. The molecular formula is C13H23N5O. The summed E-state index contributed by atoms with van der Waals surface area (Å²) in [5.41, 5.74) is 4.57. The molecule has 4 N–H and O–H groups in total. The first kappa shape index (κ1) is 15.3. The first-order chi connectivity index (χ1) is 9.08. The van der Waals surface area contributed by atoms with Crippen LogP contribution in [-0.4, -0.2) is 39.8 Å². The zero-order chi connectivity index (χ0) is 14.3. The number of aliphatic imine (C=N–C) groups is 1. The fourth-order valence-electron chi connectivity index (χ4n) is 1.70. The normalized spacial score (nSPS) is 13.0. The van der Waals surface area contributed by atoms with Crippen molar-refractivity contribution in [2.75, 3.05) is 38.0 Å². The van der Waals surface area contributed by atoms with Gasteiger partial charge in [-0.2, -0.15) is 0 Å². The van der Waals surface area contributed by atoms with Crippen molar-refractivity contribution in [3.05, 3.63) is 24.3 Å². The van der Waals surface area contributed by atoms with Crippen molar-refractivity contribution < 1.29 is 4.74 Å². The number of hydrazine groups is 1. The molecule has 19 heavy (non-hydrogen) atoms. The lowest BCUT2D eigenvalue weighted by Gasteiger charge is -2.19. The molecule has 1 unspecified atom stereocenters. The van der Waals surface area contributed by atoms with Crippen LogP contribution in [0.2, 0.25) is 0 Å². The van der Waals surface area contributed by atoms with E-state index in [1.165, 1.54) is 0 Å². The molecule has 6 heteroatoms. The van der Waals surface area contributed by atoms with Gasteiger partial charge in [0, 0.05) is 21.2 Å². The van der Waals surface area contributed by atoms with E-state index in [9.17, 15) is 0 Å². The molecule has 0 aromatic heterocycles. The first-order valence-corrected chi connectivity index (χ1v) is 6.15. The second kappa shape index (κ2) is 7.60. The minimum atomic E-state index is 0.0232. The maximum absolute atomic E-state index is 5.49. The molecule has 1 atom stereocenters. The number of para-hydroxylation sites is 2. The molecule has 0 amide bonds. The Morgan fingerprint density at radius 1 is 1.42 bits per heavy atom. The van der Waals surface area contributed by atoms with Crippen LogP contribution in [-0.2, 0) is 4.74 Å². The molecule has 0 saturated heterocycles. The number of hydrogen-bond donors (Lipinski definition) is 3. The quantitative estimate of drug-likeness (QED) is 0.321. The summed E-state index contributed by atoms with van der Waals surface area (Å²) in [6, 6.07) is 7.97. The van der Waals surface area contributed by atoms with Crippen LogP contribution in [0, 0.1) is 0 Å². The second-order valence-corrected chi connectivity index (χ2v) is 4.46. The van der Waals surface area contributed by atoms with E-state index in [4.69, 9.17) is 10.6 Å². The number of methoxy groups -OCH3 is 1. The van der Waals surface area contributed by atoms with Crippen LogP contribution < -0.4 is 21.5 Å². The van der Waals surface area contributed by atoms with Crippen molar-refractivity contribution >= 4 is 17.3 Å². The minimum absolute atomic E-state index is 0.0232. The topological polar surface area (TPSA) is 74.9 Å². The molecule has 0 aliphatic rings. The van der Waals surface area contributed by atoms with E-state index in [0.29, 0.717) is 12.6 Å². The highest BCUT2D eigenvalue weighted by molar-refractivity contribution is 5.96. The van der Waals surface area contributed by atoms with Crippen molar-refractivity contribution in [1.82, 2.24) is 5.43 Å². The summed E-state index contributed by atoms with van der Waals surface area (Å²) in [5.74, 6) is 6.01. The van der Waals surface area contributed by atoms with Crippen LogP contribution >= 0.6 is 0 Å². The highest BCUT2D eigenvalue weighted by Crippen LogP contribution is 2.23. The number of guanidine groups is 1. The predicted molar refractivity (Wildman–Crippen MR) is 80.5 cm³/mol. The van der Waals surface area contributed by atoms with Crippen molar-refractivity contribution in [2.24, 2.45) is 10.8 Å². The van der Waals surface area contributed by atoms with Gasteiger partial charge in [-0.1, -0.05) is 12.1 Å². The maximum atomic E-state index is 5.49. The van der Waals surface area contributed by atoms with Gasteiger partial charge in [0.05, 0.1) is 24.0 Å². The summed E-state index contributed by atoms with van der Waals surface area (Å²) < 4.78 is 5.05. The van der Waals surface area contributed by atoms with Crippen LogP contribution in [0.4, 0.5) is 11.4 Å². The van der Waals surface area contributed by atoms with E-state index >= 15 is 0 Å². The van der Waals surface area contributed by atoms with Crippen LogP contribution in [0.15, 0.2) is 29.3 Å². The molecule has 106 valence electrons. The molecule has 0 aliphatic carbocycles. The molecule has 0 aliphatic heterocycles. The van der Waals surface area contributed by atoms with Crippen LogP contribution in [0.25, 0.3) is 0 Å². The summed E-state index contributed by atoms with van der Waals surface area (Å²) in [5, 5.41) is 3.18. The van der Waals surface area contributed by atoms with E-state index < -0.39 is 0 Å². The Balaban J connectivity index is 2.87. The van der Waals surface area contributed by atoms with Crippen molar-refractivity contribution in [1.29, 1.82) is 0 Å². The molecule has 0 saturated carbocycles. The Hall–Kier alpha value is -1.79. The molecule has 0 radical (unpaired) electrons. The van der Waals surface area contributed by atoms with Gasteiger partial charge >= 0.3 is 0 Å². The Labute approximate surface area is 114 Å². The number of ether oxygens (including phenoxy) is 1. The van der Waals surface area contributed by atoms with Crippen LogP contribution in [0.3, 0.4) is 0 Å². The molecule has 0 bridgehead atoms. The van der Waals surface area contributed by atoms with Gasteiger partial charge in [-0.25, -0.2) is 10.8 Å². The molecule has 6 nitrogen and oxygen atoms in total. The predicted octanol–water partition coefficient (Wildman–Crippen LogP) is 1.02. The van der Waals surface area contributed by atoms with Gasteiger partial charge in [-0.05, 0) is 19.1 Å². The third kappa shape index (κ3) is 4.76. The Morgan fingerprint density at radius 2 is 2.11 bits per heavy atom. The number of nitrogens with two attached hydrogens (primary N) is 1. The SMILES string of the molecule is COCC(C)N=C(NN)Nc1ccccc1N(C)C. The maximum Gasteiger partial charge on any atom is 0.210 e. The largest absolute Gasteiger partial charge is 0.382 e. The van der Waals surface area contributed by atoms with E-state index in [1.54, 1.807) is 7.11 Å². The number of benzene rings is 1. The third-order valence-corrected chi connectivity index (χ3v) is 2.53. The van der Waals surface area contributed by atoms with Crippen molar-refractivity contribution in [2.45, 2.75) is 13.0 Å². The second-order valence-electron chi connectivity index (χ2n) is 4.46. The Bertz CT molecular complexity index is 419. The molecule has 1 aromatic rings. The van der Waals surface area contributed by atoms with Crippen molar-refractivity contribution in [3.8, 4) is 0 Å². The first-order valence-electron chi connectivity index (χ1n) is 6.15. The summed E-state index contributed by atoms with van der Waals surface area (Å²) in [6.45, 7) is 2.50. The lowest BCUT2D eigenvalue weighted by molar-refractivity contribution is 0.185. The summed E-state index contributed by atoms with van der Waals surface area (Å²) in [7, 11) is 5.62. The zero-order valence-electron chi connectivity index (χ0n) is 12.0. The summed E-state index contributed by atoms with van der Waals surface area (Å²) in [4.78, 5) is 6.43. The molecule has 1 rings (SSSR count).